The van der Waals surface area contributed by atoms with Crippen molar-refractivity contribution in [1.82, 2.24) is 0 Å². The van der Waals surface area contributed by atoms with Crippen molar-refractivity contribution in [2.45, 2.75) is 0 Å². The molecule has 2 aromatic rings. The van der Waals surface area contributed by atoms with Gasteiger partial charge in [-0.3, -0.25) is 4.79 Å². The number of amides is 1. The fourth-order valence-corrected chi connectivity index (χ4v) is 4.12. The molecule has 29 heavy (non-hydrogen) atoms. The first-order chi connectivity index (χ1) is 14.1. The van der Waals surface area contributed by atoms with E-state index in [9.17, 15) is 4.79 Å². The first kappa shape index (κ1) is 20.3. The highest BCUT2D eigenvalue weighted by atomic mass is 35.5. The monoisotopic (exact) mass is 435 g/mol. The van der Waals surface area contributed by atoms with E-state index in [2.05, 4.69) is 21.2 Å². The van der Waals surface area contributed by atoms with Crippen molar-refractivity contribution in [3.63, 3.8) is 0 Å². The third kappa shape index (κ3) is 4.95. The van der Waals surface area contributed by atoms with Gasteiger partial charge in [0.2, 0.25) is 0 Å². The van der Waals surface area contributed by atoms with Crippen molar-refractivity contribution in [3.05, 3.63) is 52.0 Å². The van der Waals surface area contributed by atoms with Crippen LogP contribution in [-0.2, 0) is 9.47 Å². The molecule has 0 saturated carbocycles. The molecule has 2 fully saturated rings. The predicted octanol–water partition coefficient (Wildman–Crippen LogP) is 3.92. The van der Waals surface area contributed by atoms with E-state index in [1.54, 1.807) is 18.2 Å². The second-order valence-electron chi connectivity index (χ2n) is 7.01. The minimum atomic E-state index is -0.247. The highest BCUT2D eigenvalue weighted by Gasteiger charge is 2.20. The van der Waals surface area contributed by atoms with Crippen LogP contribution in [0.25, 0.3) is 0 Å². The number of halogens is 2. The average molecular weight is 436 g/mol. The van der Waals surface area contributed by atoms with E-state index in [1.165, 1.54) is 0 Å². The number of anilines is 3. The molecule has 0 atom stereocenters. The van der Waals surface area contributed by atoms with E-state index in [0.29, 0.717) is 28.8 Å². The van der Waals surface area contributed by atoms with Crippen LogP contribution in [0.4, 0.5) is 17.1 Å². The zero-order valence-corrected chi connectivity index (χ0v) is 17.5. The molecule has 2 heterocycles. The SMILES string of the molecule is O=C(Nc1ccc(N2CCOCC2)cc1N1CCOCC1)c1cc(Cl)cc(Cl)c1. The lowest BCUT2D eigenvalue weighted by Gasteiger charge is -2.33. The number of rotatable bonds is 4. The fraction of sp³-hybridized carbons (Fsp3) is 0.381. The van der Waals surface area contributed by atoms with Crippen molar-refractivity contribution < 1.29 is 14.3 Å². The van der Waals surface area contributed by atoms with Gasteiger partial charge in [-0.1, -0.05) is 23.2 Å². The molecule has 2 saturated heterocycles. The van der Waals surface area contributed by atoms with Gasteiger partial charge in [-0.15, -0.1) is 0 Å². The lowest BCUT2D eigenvalue weighted by atomic mass is 10.1. The van der Waals surface area contributed by atoms with E-state index in [0.717, 1.165) is 56.5 Å². The summed E-state index contributed by atoms with van der Waals surface area (Å²) in [7, 11) is 0. The molecule has 2 aliphatic rings. The number of benzene rings is 2. The van der Waals surface area contributed by atoms with Gasteiger partial charge in [0.15, 0.2) is 0 Å². The Morgan fingerprint density at radius 3 is 2.03 bits per heavy atom. The Morgan fingerprint density at radius 1 is 0.828 bits per heavy atom. The van der Waals surface area contributed by atoms with Crippen LogP contribution in [0.3, 0.4) is 0 Å². The number of nitrogens with one attached hydrogen (secondary N) is 1. The van der Waals surface area contributed by atoms with Crippen LogP contribution in [-0.4, -0.2) is 58.5 Å². The third-order valence-electron chi connectivity index (χ3n) is 5.08. The quantitative estimate of drug-likeness (QED) is 0.788. The summed E-state index contributed by atoms with van der Waals surface area (Å²) in [6.07, 6.45) is 0. The molecule has 8 heteroatoms. The maximum atomic E-state index is 12.8. The molecule has 0 aromatic heterocycles. The van der Waals surface area contributed by atoms with E-state index < -0.39 is 0 Å². The Bertz CT molecular complexity index is 861. The lowest BCUT2D eigenvalue weighted by Crippen LogP contribution is -2.38. The van der Waals surface area contributed by atoms with Crippen LogP contribution >= 0.6 is 23.2 Å². The fourth-order valence-electron chi connectivity index (χ4n) is 3.59. The van der Waals surface area contributed by atoms with Gasteiger partial charge in [-0.05, 0) is 36.4 Å². The van der Waals surface area contributed by atoms with E-state index in [1.807, 2.05) is 12.1 Å². The molecule has 6 nitrogen and oxygen atoms in total. The average Bonchev–Trinajstić information content (AvgIpc) is 2.74. The Labute approximate surface area is 180 Å². The van der Waals surface area contributed by atoms with Crippen LogP contribution in [0.2, 0.25) is 10.0 Å². The van der Waals surface area contributed by atoms with Crippen LogP contribution < -0.4 is 15.1 Å². The molecule has 4 rings (SSSR count). The third-order valence-corrected chi connectivity index (χ3v) is 5.52. The summed E-state index contributed by atoms with van der Waals surface area (Å²) >= 11 is 12.1. The van der Waals surface area contributed by atoms with Crippen LogP contribution in [0, 0.1) is 0 Å². The molecule has 2 aromatic carbocycles. The number of carbonyl (C=O) groups excluding carboxylic acids is 1. The summed E-state index contributed by atoms with van der Waals surface area (Å²) in [5, 5.41) is 3.89. The lowest BCUT2D eigenvalue weighted by molar-refractivity contribution is 0.102. The number of carbonyl (C=O) groups is 1. The van der Waals surface area contributed by atoms with Crippen LogP contribution in [0.15, 0.2) is 36.4 Å². The largest absolute Gasteiger partial charge is 0.378 e. The summed E-state index contributed by atoms with van der Waals surface area (Å²) in [6.45, 7) is 6.04. The van der Waals surface area contributed by atoms with Gasteiger partial charge in [-0.25, -0.2) is 0 Å². The molecule has 0 radical (unpaired) electrons. The highest BCUT2D eigenvalue weighted by molar-refractivity contribution is 6.35. The standard InChI is InChI=1S/C21H23Cl2N3O3/c22-16-11-15(12-17(23)13-16)21(27)24-19-2-1-18(25-3-7-28-8-4-25)14-20(19)26-5-9-29-10-6-26/h1-2,11-14H,3-10H2,(H,24,27). The summed E-state index contributed by atoms with van der Waals surface area (Å²) in [5.41, 5.74) is 3.29. The maximum absolute atomic E-state index is 12.8. The van der Waals surface area contributed by atoms with Crippen molar-refractivity contribution in [2.24, 2.45) is 0 Å². The van der Waals surface area contributed by atoms with Crippen LogP contribution in [0.5, 0.6) is 0 Å². The highest BCUT2D eigenvalue weighted by Crippen LogP contribution is 2.33. The van der Waals surface area contributed by atoms with Crippen molar-refractivity contribution in [2.75, 3.05) is 67.7 Å². The molecule has 1 N–H and O–H groups in total. The van der Waals surface area contributed by atoms with Gasteiger partial charge < -0.3 is 24.6 Å². The van der Waals surface area contributed by atoms with E-state index in [4.69, 9.17) is 32.7 Å². The Balaban J connectivity index is 1.62. The molecule has 0 unspecified atom stereocenters. The zero-order valence-electron chi connectivity index (χ0n) is 16.0. The maximum Gasteiger partial charge on any atom is 0.255 e. The number of nitrogens with zero attached hydrogens (tertiary/aromatic N) is 2. The Kier molecular flexibility index (Phi) is 6.45. The zero-order chi connectivity index (χ0) is 20.2. The normalized spacial score (nSPS) is 17.3. The Morgan fingerprint density at radius 2 is 1.41 bits per heavy atom. The van der Waals surface area contributed by atoms with Crippen molar-refractivity contribution in [1.29, 1.82) is 0 Å². The molecular formula is C21H23Cl2N3O3. The van der Waals surface area contributed by atoms with Gasteiger partial charge in [0.05, 0.1) is 37.8 Å². The molecule has 154 valence electrons. The first-order valence-electron chi connectivity index (χ1n) is 9.67. The molecule has 0 spiro atoms. The number of hydrogen-bond acceptors (Lipinski definition) is 5. The molecular weight excluding hydrogens is 413 g/mol. The summed E-state index contributed by atoms with van der Waals surface area (Å²) in [6, 6.07) is 11.0. The van der Waals surface area contributed by atoms with Crippen molar-refractivity contribution in [3.8, 4) is 0 Å². The van der Waals surface area contributed by atoms with Crippen LogP contribution in [0.1, 0.15) is 10.4 Å². The summed E-state index contributed by atoms with van der Waals surface area (Å²) in [5.74, 6) is -0.247. The second kappa shape index (κ2) is 9.22. The molecule has 2 aliphatic heterocycles. The minimum Gasteiger partial charge on any atom is -0.378 e. The number of hydrogen-bond donors (Lipinski definition) is 1. The second-order valence-corrected chi connectivity index (χ2v) is 7.89. The van der Waals surface area contributed by atoms with E-state index >= 15 is 0 Å². The number of morpholine rings is 2. The summed E-state index contributed by atoms with van der Waals surface area (Å²) < 4.78 is 11.0. The minimum absolute atomic E-state index is 0.247. The Hall–Kier alpha value is -1.99. The van der Waals surface area contributed by atoms with Gasteiger partial charge in [0.1, 0.15) is 0 Å². The van der Waals surface area contributed by atoms with Gasteiger partial charge in [-0.2, -0.15) is 0 Å². The predicted molar refractivity (Wildman–Crippen MR) is 117 cm³/mol. The molecule has 0 bridgehead atoms. The smallest absolute Gasteiger partial charge is 0.255 e. The summed E-state index contributed by atoms with van der Waals surface area (Å²) in [4.78, 5) is 17.4. The molecule has 1 amide bonds. The molecule has 0 aliphatic carbocycles. The van der Waals surface area contributed by atoms with Gasteiger partial charge in [0, 0.05) is 47.5 Å². The topological polar surface area (TPSA) is 54.0 Å². The number of ether oxygens (including phenoxy) is 2. The van der Waals surface area contributed by atoms with E-state index in [-0.39, 0.29) is 5.91 Å². The van der Waals surface area contributed by atoms with Gasteiger partial charge >= 0.3 is 0 Å². The van der Waals surface area contributed by atoms with Gasteiger partial charge in [0.25, 0.3) is 5.91 Å². The van der Waals surface area contributed by atoms with Crippen molar-refractivity contribution >= 4 is 46.2 Å². The first-order valence-corrected chi connectivity index (χ1v) is 10.4.